The van der Waals surface area contributed by atoms with Gasteiger partial charge in [0.05, 0.1) is 16.8 Å². The van der Waals surface area contributed by atoms with Gasteiger partial charge in [0.2, 0.25) is 0 Å². The Hall–Kier alpha value is -2.43. The van der Waals surface area contributed by atoms with Gasteiger partial charge in [-0.2, -0.15) is 0 Å². The Labute approximate surface area is 116 Å². The normalized spacial score (nSPS) is 13.8. The second-order valence-corrected chi connectivity index (χ2v) is 5.23. The fraction of sp³-hybridized carbons (Fsp3) is 0.267. The van der Waals surface area contributed by atoms with Crippen molar-refractivity contribution < 1.29 is 0 Å². The lowest BCUT2D eigenvalue weighted by Gasteiger charge is -2.07. The van der Waals surface area contributed by atoms with Gasteiger partial charge in [-0.15, -0.1) is 0 Å². The molecule has 3 aromatic rings. The number of rotatable bonds is 0. The lowest BCUT2D eigenvalue weighted by molar-refractivity contribution is 0.670. The molecule has 0 atom stereocenters. The van der Waals surface area contributed by atoms with E-state index in [0.29, 0.717) is 5.82 Å². The van der Waals surface area contributed by atoms with Crippen LogP contribution in [0, 0.1) is 6.92 Å². The summed E-state index contributed by atoms with van der Waals surface area (Å²) in [6, 6.07) is 6.30. The number of aromatic nitrogens is 4. The van der Waals surface area contributed by atoms with Gasteiger partial charge in [-0.05, 0) is 38.0 Å². The number of fused-ring (bicyclic) bond motifs is 5. The van der Waals surface area contributed by atoms with Gasteiger partial charge in [0.15, 0.2) is 0 Å². The topological polar surface area (TPSA) is 69.6 Å². The monoisotopic (exact) mass is 265 g/mol. The minimum absolute atomic E-state index is 0.539. The molecule has 5 heteroatoms. The van der Waals surface area contributed by atoms with Crippen LogP contribution in [0.15, 0.2) is 24.5 Å². The molecule has 0 amide bonds. The first-order valence-electron chi connectivity index (χ1n) is 6.80. The highest BCUT2D eigenvalue weighted by Crippen LogP contribution is 2.33. The summed E-state index contributed by atoms with van der Waals surface area (Å²) in [5.41, 5.74) is 11.4. The summed E-state index contributed by atoms with van der Waals surface area (Å²) < 4.78 is 2.23. The Balaban J connectivity index is 2.07. The van der Waals surface area contributed by atoms with Crippen LogP contribution in [0.5, 0.6) is 0 Å². The first-order valence-corrected chi connectivity index (χ1v) is 6.80. The summed E-state index contributed by atoms with van der Waals surface area (Å²) in [4.78, 5) is 13.2. The van der Waals surface area contributed by atoms with E-state index in [4.69, 9.17) is 5.73 Å². The van der Waals surface area contributed by atoms with E-state index in [1.807, 2.05) is 6.92 Å². The van der Waals surface area contributed by atoms with Crippen molar-refractivity contribution in [2.24, 2.45) is 0 Å². The maximum Gasteiger partial charge on any atom is 0.145 e. The Kier molecular flexibility index (Phi) is 2.30. The Morgan fingerprint density at radius 1 is 1.25 bits per heavy atom. The molecule has 0 bridgehead atoms. The number of aryl methyl sites for hydroxylation is 3. The number of hydrogen-bond acceptors (Lipinski definition) is 4. The van der Waals surface area contributed by atoms with Crippen molar-refractivity contribution in [1.82, 2.24) is 19.5 Å². The van der Waals surface area contributed by atoms with E-state index < -0.39 is 0 Å². The molecule has 4 heterocycles. The highest BCUT2D eigenvalue weighted by atomic mass is 15.1. The molecule has 20 heavy (non-hydrogen) atoms. The van der Waals surface area contributed by atoms with Gasteiger partial charge in [-0.3, -0.25) is 4.98 Å². The van der Waals surface area contributed by atoms with Crippen LogP contribution >= 0.6 is 0 Å². The van der Waals surface area contributed by atoms with Crippen LogP contribution in [-0.4, -0.2) is 19.5 Å². The number of pyridine rings is 1. The Morgan fingerprint density at radius 2 is 2.15 bits per heavy atom. The molecule has 1 aliphatic heterocycles. The summed E-state index contributed by atoms with van der Waals surface area (Å²) >= 11 is 0. The molecule has 3 aromatic heterocycles. The molecule has 0 aromatic carbocycles. The average molecular weight is 265 g/mol. The van der Waals surface area contributed by atoms with Crippen molar-refractivity contribution in [2.45, 2.75) is 26.3 Å². The minimum Gasteiger partial charge on any atom is -0.383 e. The van der Waals surface area contributed by atoms with E-state index in [0.717, 1.165) is 47.5 Å². The van der Waals surface area contributed by atoms with E-state index in [1.165, 1.54) is 11.9 Å². The molecule has 4 rings (SSSR count). The standard InChI is InChI=1S/C15H15N5/c1-9-4-5-10-12(19-9)3-2-6-20-13(10)7-11-14(16)17-8-18-15(11)20/h4-5,7-8H,2-3,6H2,1H3,(H2,16,17,18). The van der Waals surface area contributed by atoms with Crippen LogP contribution in [0.4, 0.5) is 5.82 Å². The van der Waals surface area contributed by atoms with Gasteiger partial charge in [-0.25, -0.2) is 9.97 Å². The zero-order valence-corrected chi connectivity index (χ0v) is 11.3. The molecule has 1 aliphatic rings. The van der Waals surface area contributed by atoms with E-state index in [-0.39, 0.29) is 0 Å². The molecule has 0 saturated heterocycles. The second kappa shape index (κ2) is 4.03. The van der Waals surface area contributed by atoms with E-state index >= 15 is 0 Å². The van der Waals surface area contributed by atoms with Crippen molar-refractivity contribution in [2.75, 3.05) is 5.73 Å². The molecule has 0 spiro atoms. The van der Waals surface area contributed by atoms with Crippen molar-refractivity contribution in [3.05, 3.63) is 35.9 Å². The zero-order chi connectivity index (χ0) is 13.7. The summed E-state index contributed by atoms with van der Waals surface area (Å²) in [7, 11) is 0. The van der Waals surface area contributed by atoms with Gasteiger partial charge in [0.25, 0.3) is 0 Å². The van der Waals surface area contributed by atoms with Gasteiger partial charge in [-0.1, -0.05) is 0 Å². The fourth-order valence-corrected chi connectivity index (χ4v) is 2.97. The van der Waals surface area contributed by atoms with E-state index in [2.05, 4.69) is 37.7 Å². The van der Waals surface area contributed by atoms with Crippen molar-refractivity contribution in [3.8, 4) is 11.3 Å². The lowest BCUT2D eigenvalue weighted by Crippen LogP contribution is -2.00. The average Bonchev–Trinajstić information content (AvgIpc) is 2.71. The molecule has 0 radical (unpaired) electrons. The van der Waals surface area contributed by atoms with Gasteiger partial charge in [0, 0.05) is 17.8 Å². The number of anilines is 1. The SMILES string of the molecule is Cc1ccc2c(n1)CCCn1c-2cc2c(N)ncnc21. The minimum atomic E-state index is 0.539. The maximum absolute atomic E-state index is 5.97. The van der Waals surface area contributed by atoms with Gasteiger partial charge < -0.3 is 10.3 Å². The lowest BCUT2D eigenvalue weighted by atomic mass is 10.1. The van der Waals surface area contributed by atoms with E-state index in [9.17, 15) is 0 Å². The number of nitrogen functional groups attached to an aromatic ring is 1. The van der Waals surface area contributed by atoms with Crippen LogP contribution in [0.2, 0.25) is 0 Å². The molecule has 0 fully saturated rings. The van der Waals surface area contributed by atoms with Crippen LogP contribution in [-0.2, 0) is 13.0 Å². The van der Waals surface area contributed by atoms with Crippen LogP contribution in [0.25, 0.3) is 22.3 Å². The smallest absolute Gasteiger partial charge is 0.145 e. The maximum atomic E-state index is 5.97. The molecular formula is C15H15N5. The highest BCUT2D eigenvalue weighted by Gasteiger charge is 2.19. The summed E-state index contributed by atoms with van der Waals surface area (Å²) in [5, 5.41) is 0.927. The summed E-state index contributed by atoms with van der Waals surface area (Å²) in [6.07, 6.45) is 3.59. The molecule has 100 valence electrons. The number of nitrogens with zero attached hydrogens (tertiary/aromatic N) is 4. The third kappa shape index (κ3) is 1.52. The zero-order valence-electron chi connectivity index (χ0n) is 11.3. The third-order valence-electron chi connectivity index (χ3n) is 3.91. The van der Waals surface area contributed by atoms with Gasteiger partial charge in [0.1, 0.15) is 17.8 Å². The summed E-state index contributed by atoms with van der Waals surface area (Å²) in [5.74, 6) is 0.539. The third-order valence-corrected chi connectivity index (χ3v) is 3.91. The second-order valence-electron chi connectivity index (χ2n) is 5.23. The fourth-order valence-electron chi connectivity index (χ4n) is 2.97. The molecule has 0 saturated carbocycles. The van der Waals surface area contributed by atoms with Crippen LogP contribution < -0.4 is 5.73 Å². The van der Waals surface area contributed by atoms with Crippen LogP contribution in [0.3, 0.4) is 0 Å². The molecule has 2 N–H and O–H groups in total. The van der Waals surface area contributed by atoms with Crippen molar-refractivity contribution >= 4 is 16.9 Å². The Bertz CT molecular complexity index is 818. The first-order chi connectivity index (χ1) is 9.74. The predicted molar refractivity (Wildman–Crippen MR) is 78.2 cm³/mol. The Morgan fingerprint density at radius 3 is 3.05 bits per heavy atom. The quantitative estimate of drug-likeness (QED) is 0.677. The first kappa shape index (κ1) is 11.4. The molecule has 0 unspecified atom stereocenters. The molecule has 5 nitrogen and oxygen atoms in total. The predicted octanol–water partition coefficient (Wildman–Crippen LogP) is 2.33. The largest absolute Gasteiger partial charge is 0.383 e. The van der Waals surface area contributed by atoms with Crippen LogP contribution in [0.1, 0.15) is 17.8 Å². The highest BCUT2D eigenvalue weighted by molar-refractivity contribution is 5.91. The van der Waals surface area contributed by atoms with Gasteiger partial charge >= 0.3 is 0 Å². The summed E-state index contributed by atoms with van der Waals surface area (Å²) in [6.45, 7) is 2.97. The number of nitrogens with two attached hydrogens (primary N) is 1. The number of hydrogen-bond donors (Lipinski definition) is 1. The molecule has 0 aliphatic carbocycles. The van der Waals surface area contributed by atoms with E-state index in [1.54, 1.807) is 0 Å². The van der Waals surface area contributed by atoms with Crippen molar-refractivity contribution in [1.29, 1.82) is 0 Å². The molecular weight excluding hydrogens is 250 g/mol. The van der Waals surface area contributed by atoms with Crippen molar-refractivity contribution in [3.63, 3.8) is 0 Å².